The van der Waals surface area contributed by atoms with Crippen LogP contribution in [0.2, 0.25) is 0 Å². The Morgan fingerprint density at radius 1 is 1.00 bits per heavy atom. The topological polar surface area (TPSA) is 51.1 Å². The highest BCUT2D eigenvalue weighted by Gasteiger charge is 2.48. The average molecular weight is 441 g/mol. The van der Waals surface area contributed by atoms with E-state index < -0.39 is 0 Å². The molecule has 5 rings (SSSR count). The van der Waals surface area contributed by atoms with Crippen molar-refractivity contribution in [1.82, 2.24) is 0 Å². The molecule has 33 heavy (non-hydrogen) atoms. The number of carbonyl (C=O) groups excluding carboxylic acids is 1. The van der Waals surface area contributed by atoms with Gasteiger partial charge in [0.25, 0.3) is 5.91 Å². The van der Waals surface area contributed by atoms with Crippen LogP contribution in [0.5, 0.6) is 17.2 Å². The maximum absolute atomic E-state index is 13.6. The molecule has 2 heterocycles. The minimum absolute atomic E-state index is 0.0542. The van der Waals surface area contributed by atoms with E-state index >= 15 is 0 Å². The van der Waals surface area contributed by atoms with Gasteiger partial charge in [-0.3, -0.25) is 4.79 Å². The summed E-state index contributed by atoms with van der Waals surface area (Å²) in [6.45, 7) is 9.02. The molecular weight excluding hydrogens is 412 g/mol. The Morgan fingerprint density at radius 3 is 2.39 bits per heavy atom. The van der Waals surface area contributed by atoms with Crippen LogP contribution < -0.4 is 14.4 Å². The smallest absolute Gasteiger partial charge is 0.278 e. The highest BCUT2D eigenvalue weighted by Crippen LogP contribution is 2.50. The molecule has 0 radical (unpaired) electrons. The molecule has 0 aliphatic carbocycles. The lowest BCUT2D eigenvalue weighted by atomic mass is 9.80. The fourth-order valence-corrected chi connectivity index (χ4v) is 4.99. The van der Waals surface area contributed by atoms with Crippen LogP contribution in [0.4, 0.5) is 11.4 Å². The van der Waals surface area contributed by atoms with Crippen molar-refractivity contribution in [2.75, 3.05) is 11.5 Å². The Labute approximate surface area is 194 Å². The molecule has 1 amide bonds. The Morgan fingerprint density at radius 2 is 1.70 bits per heavy atom. The monoisotopic (exact) mass is 440 g/mol. The molecule has 5 nitrogen and oxygen atoms in total. The molecule has 5 heteroatoms. The number of amides is 1. The molecule has 0 bridgehead atoms. The molecule has 0 saturated heterocycles. The van der Waals surface area contributed by atoms with Gasteiger partial charge in [-0.25, -0.2) is 4.99 Å². The minimum atomic E-state index is -0.282. The molecule has 2 aliphatic heterocycles. The first kappa shape index (κ1) is 21.3. The first-order valence-corrected chi connectivity index (χ1v) is 11.4. The van der Waals surface area contributed by atoms with Gasteiger partial charge in [0.05, 0.1) is 18.0 Å². The predicted octanol–water partition coefficient (Wildman–Crippen LogP) is 6.63. The maximum Gasteiger partial charge on any atom is 0.278 e. The van der Waals surface area contributed by atoms with Crippen LogP contribution in [-0.2, 0) is 4.79 Å². The molecule has 2 aliphatic rings. The van der Waals surface area contributed by atoms with Crippen molar-refractivity contribution in [3.05, 3.63) is 77.9 Å². The van der Waals surface area contributed by atoms with Gasteiger partial charge in [0.1, 0.15) is 23.0 Å². The molecule has 0 saturated carbocycles. The van der Waals surface area contributed by atoms with Crippen LogP contribution in [0.3, 0.4) is 0 Å². The largest absolute Gasteiger partial charge is 0.494 e. The van der Waals surface area contributed by atoms with Crippen LogP contribution in [0.25, 0.3) is 0 Å². The number of hydrogen-bond acceptors (Lipinski definition) is 4. The zero-order valence-electron chi connectivity index (χ0n) is 19.5. The standard InChI is InChI=1S/C28H28N2O3/c1-5-32-22-15-23-18(2)17-28(3,4)30-26(23)24(16-22)25(27(30)31)29-19-11-13-21(14-12-19)33-20-9-7-6-8-10-20/h6-16,18H,5,17H2,1-4H3/t18-/m0/s1. The number of benzene rings is 3. The summed E-state index contributed by atoms with van der Waals surface area (Å²) in [5.74, 6) is 2.55. The second-order valence-corrected chi connectivity index (χ2v) is 9.27. The van der Waals surface area contributed by atoms with Gasteiger partial charge < -0.3 is 14.4 Å². The van der Waals surface area contributed by atoms with Gasteiger partial charge in [-0.2, -0.15) is 0 Å². The molecule has 0 fully saturated rings. The molecule has 1 atom stereocenters. The van der Waals surface area contributed by atoms with E-state index in [1.165, 1.54) is 0 Å². The van der Waals surface area contributed by atoms with E-state index in [2.05, 4.69) is 26.8 Å². The Kier molecular flexibility index (Phi) is 5.20. The SMILES string of the molecule is CCOc1cc2c3c(c1)[C@@H](C)CC(C)(C)N3C(=O)C2=Nc1ccc(Oc2ccccc2)cc1. The molecular formula is C28H28N2O3. The van der Waals surface area contributed by atoms with Crippen LogP contribution >= 0.6 is 0 Å². The molecule has 0 aromatic heterocycles. The van der Waals surface area contributed by atoms with Gasteiger partial charge in [-0.15, -0.1) is 0 Å². The second-order valence-electron chi connectivity index (χ2n) is 9.27. The molecule has 3 aromatic rings. The van der Waals surface area contributed by atoms with Gasteiger partial charge in [-0.05, 0) is 87.2 Å². The van der Waals surface area contributed by atoms with E-state index in [9.17, 15) is 4.79 Å². The normalized spacial score (nSPS) is 19.5. The molecule has 0 unspecified atom stereocenters. The lowest BCUT2D eigenvalue weighted by Crippen LogP contribution is -2.50. The lowest BCUT2D eigenvalue weighted by molar-refractivity contribution is -0.113. The van der Waals surface area contributed by atoms with Gasteiger partial charge in [0.15, 0.2) is 0 Å². The quantitative estimate of drug-likeness (QED) is 0.447. The summed E-state index contributed by atoms with van der Waals surface area (Å²) in [4.78, 5) is 20.3. The fraction of sp³-hybridized carbons (Fsp3) is 0.286. The van der Waals surface area contributed by atoms with E-state index in [0.717, 1.165) is 40.5 Å². The Bertz CT molecular complexity index is 1230. The third kappa shape index (κ3) is 3.78. The van der Waals surface area contributed by atoms with Crippen molar-refractivity contribution in [2.24, 2.45) is 4.99 Å². The van der Waals surface area contributed by atoms with Crippen LogP contribution in [0, 0.1) is 0 Å². The Balaban J connectivity index is 1.54. The number of para-hydroxylation sites is 1. The maximum atomic E-state index is 13.6. The summed E-state index contributed by atoms with van der Waals surface area (Å²) in [5, 5.41) is 0. The van der Waals surface area contributed by atoms with Gasteiger partial charge in [0, 0.05) is 11.1 Å². The number of anilines is 1. The van der Waals surface area contributed by atoms with Crippen LogP contribution in [0.15, 0.2) is 71.7 Å². The van der Waals surface area contributed by atoms with E-state index in [0.29, 0.717) is 23.9 Å². The molecule has 3 aromatic carbocycles. The number of rotatable bonds is 5. The summed E-state index contributed by atoms with van der Waals surface area (Å²) in [6.07, 6.45) is 0.888. The van der Waals surface area contributed by atoms with Gasteiger partial charge in [-0.1, -0.05) is 25.1 Å². The minimum Gasteiger partial charge on any atom is -0.494 e. The van der Waals surface area contributed by atoms with Crippen LogP contribution in [0.1, 0.15) is 51.2 Å². The summed E-state index contributed by atoms with van der Waals surface area (Å²) < 4.78 is 11.7. The van der Waals surface area contributed by atoms with E-state index in [-0.39, 0.29) is 11.4 Å². The third-order valence-corrected chi connectivity index (χ3v) is 6.31. The summed E-state index contributed by atoms with van der Waals surface area (Å²) in [6, 6.07) is 21.2. The van der Waals surface area contributed by atoms with Gasteiger partial charge in [0.2, 0.25) is 0 Å². The third-order valence-electron chi connectivity index (χ3n) is 6.31. The summed E-state index contributed by atoms with van der Waals surface area (Å²) in [5.41, 5.74) is 3.88. The van der Waals surface area contributed by atoms with Crippen molar-refractivity contribution >= 4 is 23.0 Å². The highest BCUT2D eigenvalue weighted by atomic mass is 16.5. The van der Waals surface area contributed by atoms with Crippen molar-refractivity contribution in [2.45, 2.75) is 45.6 Å². The van der Waals surface area contributed by atoms with Crippen LogP contribution in [-0.4, -0.2) is 23.8 Å². The molecule has 0 spiro atoms. The number of ether oxygens (including phenoxy) is 2. The van der Waals surface area contributed by atoms with Gasteiger partial charge >= 0.3 is 0 Å². The number of hydrogen-bond donors (Lipinski definition) is 0. The summed E-state index contributed by atoms with van der Waals surface area (Å²) in [7, 11) is 0. The number of carbonyl (C=O) groups is 1. The molecule has 0 N–H and O–H groups in total. The molecule has 168 valence electrons. The average Bonchev–Trinajstić information content (AvgIpc) is 3.07. The zero-order valence-corrected chi connectivity index (χ0v) is 19.5. The van der Waals surface area contributed by atoms with Crippen molar-refractivity contribution in [3.8, 4) is 17.2 Å². The first-order chi connectivity index (χ1) is 15.9. The second kappa shape index (κ2) is 8.07. The lowest BCUT2D eigenvalue weighted by Gasteiger charge is -2.43. The van der Waals surface area contributed by atoms with E-state index in [1.807, 2.05) is 72.5 Å². The van der Waals surface area contributed by atoms with Crippen molar-refractivity contribution < 1.29 is 14.3 Å². The summed E-state index contributed by atoms with van der Waals surface area (Å²) >= 11 is 0. The number of aliphatic imine (C=N–C) groups is 1. The van der Waals surface area contributed by atoms with Crippen molar-refractivity contribution in [3.63, 3.8) is 0 Å². The predicted molar refractivity (Wildman–Crippen MR) is 131 cm³/mol. The Hall–Kier alpha value is -3.60. The fourth-order valence-electron chi connectivity index (χ4n) is 4.99. The zero-order chi connectivity index (χ0) is 23.2. The van der Waals surface area contributed by atoms with E-state index in [1.54, 1.807) is 0 Å². The number of nitrogens with zero attached hydrogens (tertiary/aromatic N) is 2. The van der Waals surface area contributed by atoms with E-state index in [4.69, 9.17) is 14.5 Å². The first-order valence-electron chi connectivity index (χ1n) is 11.4. The van der Waals surface area contributed by atoms with Crippen molar-refractivity contribution in [1.29, 1.82) is 0 Å². The highest BCUT2D eigenvalue weighted by molar-refractivity contribution is 6.55.